The molecule has 0 saturated carbocycles. The van der Waals surface area contributed by atoms with Gasteiger partial charge in [0.2, 0.25) is 0 Å². The lowest BCUT2D eigenvalue weighted by Gasteiger charge is -2.07. The molecule has 0 aromatic heterocycles. The molecule has 8 aromatic rings. The molecule has 0 spiro atoms. The van der Waals surface area contributed by atoms with Crippen LogP contribution in [0.2, 0.25) is 10.0 Å². The average molecular weight is 1040 g/mol. The molecule has 0 fully saturated rings. The quantitative estimate of drug-likeness (QED) is 0.105. The Bertz CT molecular complexity index is 2330. The Balaban J connectivity index is 0.000000184. The number of fused-ring (bicyclic) bond motifs is 2. The highest BCUT2D eigenvalue weighted by atomic mass is 127. The summed E-state index contributed by atoms with van der Waals surface area (Å²) < 4.78 is 1.12. The zero-order valence-corrected chi connectivity index (χ0v) is 37.1. The molecule has 0 saturated heterocycles. The number of rotatable bonds is 4. The number of alkyl halides is 2. The molecule has 0 radical (unpaired) electrons. The maximum atomic E-state index is 8.63. The molecule has 0 heterocycles. The fraction of sp³-hybridized carbons (Fsp3) is 0.0435. The molecule has 0 amide bonds. The first-order valence-electron chi connectivity index (χ1n) is 16.8. The van der Waals surface area contributed by atoms with Crippen LogP contribution in [0.4, 0.5) is 0 Å². The van der Waals surface area contributed by atoms with E-state index in [1.54, 1.807) is 24.3 Å². The Morgan fingerprint density at radius 2 is 0.704 bits per heavy atom. The summed E-state index contributed by atoms with van der Waals surface area (Å²) in [5.74, 6) is 0. The fourth-order valence-corrected chi connectivity index (χ4v) is 6.17. The van der Waals surface area contributed by atoms with Crippen LogP contribution in [0.5, 0.6) is 0 Å². The van der Waals surface area contributed by atoms with E-state index in [0.29, 0.717) is 10.5 Å². The van der Waals surface area contributed by atoms with Gasteiger partial charge in [0, 0.05) is 14.5 Å². The maximum Gasteiger partial charge on any atom is 0.488 e. The molecule has 8 aromatic carbocycles. The van der Waals surface area contributed by atoms with E-state index in [1.807, 2.05) is 34.1 Å². The highest BCUT2D eigenvalue weighted by Gasteiger charge is 2.09. The van der Waals surface area contributed by atoms with Crippen LogP contribution in [0.1, 0.15) is 0 Å². The van der Waals surface area contributed by atoms with E-state index in [2.05, 4.69) is 195 Å². The van der Waals surface area contributed by atoms with Crippen molar-refractivity contribution >= 4 is 118 Å². The molecule has 272 valence electrons. The predicted molar refractivity (Wildman–Crippen MR) is 258 cm³/mol. The standard InChI is InChI=1S/C22H15Cl.C16H11Br.C6H6BClO2.2CH3I/c23-22-12-10-17(11-13-22)19-7-9-20-14-18(6-8-21(20)15-19)16-4-2-1-3-5-16;17-16-9-8-14-10-13(6-7-15(14)11-16)12-4-2-1-3-5-12;8-6-3-1-5(2-4-6)7(9)10;2*1-2/h1-15H;1-11H;1-4,9-10H;2*1H3. The van der Waals surface area contributed by atoms with Crippen molar-refractivity contribution in [1.29, 1.82) is 0 Å². The van der Waals surface area contributed by atoms with Crippen molar-refractivity contribution in [3.63, 3.8) is 0 Å². The topological polar surface area (TPSA) is 40.5 Å². The molecule has 54 heavy (non-hydrogen) atoms. The van der Waals surface area contributed by atoms with Gasteiger partial charge >= 0.3 is 7.12 Å². The highest BCUT2D eigenvalue weighted by Crippen LogP contribution is 2.29. The van der Waals surface area contributed by atoms with Gasteiger partial charge in [0.05, 0.1) is 0 Å². The second-order valence-corrected chi connectivity index (χ2v) is 13.4. The summed E-state index contributed by atoms with van der Waals surface area (Å²) in [6, 6.07) is 61.4. The number of hydrogen-bond acceptors (Lipinski definition) is 2. The Hall–Kier alpha value is -3.22. The monoisotopic (exact) mass is 1040 g/mol. The van der Waals surface area contributed by atoms with Crippen LogP contribution in [0.3, 0.4) is 0 Å². The van der Waals surface area contributed by atoms with E-state index in [0.717, 1.165) is 9.50 Å². The van der Waals surface area contributed by atoms with Crippen LogP contribution in [-0.4, -0.2) is 27.0 Å². The van der Waals surface area contributed by atoms with Crippen LogP contribution in [0.25, 0.3) is 54.9 Å². The van der Waals surface area contributed by atoms with Crippen LogP contribution in [0.15, 0.2) is 186 Å². The lowest BCUT2D eigenvalue weighted by molar-refractivity contribution is 0.426. The third kappa shape index (κ3) is 12.9. The van der Waals surface area contributed by atoms with Gasteiger partial charge in [-0.3, -0.25) is 0 Å². The normalized spacial score (nSPS) is 9.94. The van der Waals surface area contributed by atoms with E-state index in [4.69, 9.17) is 33.2 Å². The van der Waals surface area contributed by atoms with E-state index >= 15 is 0 Å². The summed E-state index contributed by atoms with van der Waals surface area (Å²) in [4.78, 5) is 3.94. The second-order valence-electron chi connectivity index (χ2n) is 11.6. The van der Waals surface area contributed by atoms with Crippen molar-refractivity contribution in [2.45, 2.75) is 0 Å². The van der Waals surface area contributed by atoms with Crippen LogP contribution in [0, 0.1) is 0 Å². The summed E-state index contributed by atoms with van der Waals surface area (Å²) in [5.41, 5.74) is 7.86. The van der Waals surface area contributed by atoms with Crippen LogP contribution >= 0.6 is 84.3 Å². The molecule has 0 aliphatic rings. The number of halogens is 5. The van der Waals surface area contributed by atoms with Gasteiger partial charge in [-0.15, -0.1) is 0 Å². The molecule has 0 aliphatic carbocycles. The highest BCUT2D eigenvalue weighted by molar-refractivity contribution is 14.1. The van der Waals surface area contributed by atoms with Crippen molar-refractivity contribution in [2.24, 2.45) is 0 Å². The molecule has 2 N–H and O–H groups in total. The molecule has 0 atom stereocenters. The van der Waals surface area contributed by atoms with Gasteiger partial charge in [-0.2, -0.15) is 0 Å². The smallest absolute Gasteiger partial charge is 0.423 e. The van der Waals surface area contributed by atoms with Crippen molar-refractivity contribution in [3.8, 4) is 33.4 Å². The zero-order chi connectivity index (χ0) is 38.9. The van der Waals surface area contributed by atoms with E-state index < -0.39 is 7.12 Å². The summed E-state index contributed by atoms with van der Waals surface area (Å²) in [6.07, 6.45) is 0. The molecular formula is C46H38BBrCl2I2O2. The van der Waals surface area contributed by atoms with Gasteiger partial charge in [-0.25, -0.2) is 0 Å². The second kappa shape index (κ2) is 23.0. The van der Waals surface area contributed by atoms with Gasteiger partial charge in [-0.05, 0) is 125 Å². The number of hydrogen-bond donors (Lipinski definition) is 2. The molecule has 0 unspecified atom stereocenters. The van der Waals surface area contributed by atoms with Crippen molar-refractivity contribution in [2.75, 3.05) is 9.86 Å². The molecule has 8 rings (SSSR count). The third-order valence-corrected chi connectivity index (χ3v) is 9.20. The SMILES string of the molecule is Brc1ccc2cc(-c3ccccc3)ccc2c1.CI.CI.Clc1ccc(-c2ccc3cc(-c4ccccc4)ccc3c2)cc1.OB(O)c1ccc(Cl)cc1. The Morgan fingerprint density at radius 1 is 0.389 bits per heavy atom. The Morgan fingerprint density at radius 3 is 1.09 bits per heavy atom. The van der Waals surface area contributed by atoms with E-state index in [9.17, 15) is 0 Å². The molecule has 8 heteroatoms. The first-order chi connectivity index (χ1) is 26.3. The summed E-state index contributed by atoms with van der Waals surface area (Å²) in [5, 5.41) is 23.6. The van der Waals surface area contributed by atoms with Crippen molar-refractivity contribution < 1.29 is 10.0 Å². The van der Waals surface area contributed by atoms with Gasteiger partial charge in [0.1, 0.15) is 0 Å². The lowest BCUT2D eigenvalue weighted by Crippen LogP contribution is -2.29. The first-order valence-corrected chi connectivity index (χ1v) is 22.7. The fourth-order valence-electron chi connectivity index (χ4n) is 5.54. The van der Waals surface area contributed by atoms with E-state index in [-0.39, 0.29) is 0 Å². The van der Waals surface area contributed by atoms with Crippen molar-refractivity contribution in [1.82, 2.24) is 0 Å². The molecular weight excluding hydrogens is 1000 g/mol. The average Bonchev–Trinajstić information content (AvgIpc) is 3.23. The van der Waals surface area contributed by atoms with E-state index in [1.165, 1.54) is 54.9 Å². The van der Waals surface area contributed by atoms with Crippen LogP contribution < -0.4 is 5.46 Å². The predicted octanol–water partition coefficient (Wildman–Crippen LogP) is 14.2. The minimum Gasteiger partial charge on any atom is -0.423 e. The molecule has 0 bridgehead atoms. The number of benzene rings is 8. The van der Waals surface area contributed by atoms with Gasteiger partial charge < -0.3 is 10.0 Å². The zero-order valence-electron chi connectivity index (χ0n) is 29.7. The third-order valence-electron chi connectivity index (χ3n) is 8.20. The first kappa shape index (κ1) is 43.5. The molecule has 2 nitrogen and oxygen atoms in total. The Kier molecular flexibility index (Phi) is 18.5. The van der Waals surface area contributed by atoms with Gasteiger partial charge in [0.25, 0.3) is 0 Å². The minimum atomic E-state index is -1.41. The molecule has 0 aliphatic heterocycles. The van der Waals surface area contributed by atoms with Gasteiger partial charge in [0.15, 0.2) is 0 Å². The van der Waals surface area contributed by atoms with Crippen molar-refractivity contribution in [3.05, 3.63) is 197 Å². The largest absolute Gasteiger partial charge is 0.488 e. The summed E-state index contributed by atoms with van der Waals surface area (Å²) in [7, 11) is -1.41. The van der Waals surface area contributed by atoms with Gasteiger partial charge in [-0.1, -0.05) is 212 Å². The summed E-state index contributed by atoms with van der Waals surface area (Å²) in [6.45, 7) is 0. The maximum absolute atomic E-state index is 8.63. The van der Waals surface area contributed by atoms with Crippen LogP contribution in [-0.2, 0) is 0 Å². The lowest BCUT2D eigenvalue weighted by atomic mass is 9.81. The minimum absolute atomic E-state index is 0.449. The Labute approximate surface area is 364 Å². The summed E-state index contributed by atoms with van der Waals surface area (Å²) >= 11 is 19.3.